The van der Waals surface area contributed by atoms with Gasteiger partial charge in [-0.2, -0.15) is 0 Å². The molecule has 0 N–H and O–H groups in total. The van der Waals surface area contributed by atoms with E-state index in [2.05, 4.69) is 17.9 Å². The van der Waals surface area contributed by atoms with Gasteiger partial charge in [0.2, 0.25) is 17.7 Å². The molecule has 4 saturated heterocycles. The fraction of sp³-hybridized carbons (Fsp3) is 0.675. The molecular weight excluding hydrogens is 760 g/mol. The molecule has 0 aromatic rings. The molecule has 4 rings (SSSR count). The van der Waals surface area contributed by atoms with Crippen LogP contribution in [0.25, 0.3) is 0 Å². The summed E-state index contributed by atoms with van der Waals surface area (Å²) in [5.74, 6) is -0.538. The summed E-state index contributed by atoms with van der Waals surface area (Å²) in [6, 6.07) is -0.0359. The van der Waals surface area contributed by atoms with E-state index in [1.165, 1.54) is 6.92 Å². The molecule has 4 aliphatic heterocycles. The minimum absolute atomic E-state index is 0.0359. The van der Waals surface area contributed by atoms with Crippen molar-refractivity contribution in [1.29, 1.82) is 0 Å². The van der Waals surface area contributed by atoms with Crippen LogP contribution in [0, 0.1) is 11.8 Å². The molecule has 18 heteroatoms. The van der Waals surface area contributed by atoms with Crippen LogP contribution in [-0.2, 0) is 57.2 Å². The van der Waals surface area contributed by atoms with E-state index in [1.807, 2.05) is 25.7 Å². The van der Waals surface area contributed by atoms with Gasteiger partial charge in [-0.1, -0.05) is 20.1 Å². The Morgan fingerprint density at radius 2 is 1.28 bits per heavy atom. The molecule has 0 aromatic heterocycles. The Labute approximate surface area is 341 Å². The van der Waals surface area contributed by atoms with Gasteiger partial charge >= 0.3 is 30.2 Å². The molecule has 2 unspecified atom stereocenters. The Balaban J connectivity index is 0.000000353. The zero-order valence-corrected chi connectivity index (χ0v) is 34.5. The van der Waals surface area contributed by atoms with Crippen LogP contribution in [0.2, 0.25) is 0 Å². The summed E-state index contributed by atoms with van der Waals surface area (Å²) in [6.45, 7) is 17.6. The quantitative estimate of drug-likeness (QED) is 0.0601. The number of nitrogens with zero attached hydrogens (tertiary/aromatic N) is 4. The molecule has 4 aliphatic rings. The van der Waals surface area contributed by atoms with Gasteiger partial charge in [-0.3, -0.25) is 24.1 Å². The summed E-state index contributed by atoms with van der Waals surface area (Å²) in [5.41, 5.74) is -0.440. The molecule has 0 bridgehead atoms. The minimum atomic E-state index is -0.855. The largest absolute Gasteiger partial charge is 0.508 e. The molecule has 0 saturated carbocycles. The van der Waals surface area contributed by atoms with Crippen LogP contribution in [0.3, 0.4) is 0 Å². The van der Waals surface area contributed by atoms with E-state index in [9.17, 15) is 38.4 Å². The number of carbonyl (C=O) groups excluding carboxylic acids is 8. The maximum atomic E-state index is 12.6. The van der Waals surface area contributed by atoms with Crippen molar-refractivity contribution in [3.63, 3.8) is 0 Å². The second kappa shape index (κ2) is 25.9. The second-order valence-electron chi connectivity index (χ2n) is 14.3. The minimum Gasteiger partial charge on any atom is -0.462 e. The number of likely N-dealkylation sites (tertiary alicyclic amines) is 4. The van der Waals surface area contributed by atoms with Gasteiger partial charge in [-0.25, -0.2) is 19.2 Å². The van der Waals surface area contributed by atoms with Crippen LogP contribution in [-0.4, -0.2) is 152 Å². The third-order valence-electron chi connectivity index (χ3n) is 9.78. The van der Waals surface area contributed by atoms with Crippen LogP contribution < -0.4 is 0 Å². The van der Waals surface area contributed by atoms with Gasteiger partial charge in [0.25, 0.3) is 0 Å². The third kappa shape index (κ3) is 17.5. The highest BCUT2D eigenvalue weighted by atomic mass is 16.7. The fourth-order valence-corrected chi connectivity index (χ4v) is 6.25. The van der Waals surface area contributed by atoms with Gasteiger partial charge in [0.05, 0.1) is 25.0 Å². The Hall–Kier alpha value is -5.29. The molecule has 18 nitrogen and oxygen atoms in total. The van der Waals surface area contributed by atoms with Gasteiger partial charge in [0.1, 0.15) is 46.1 Å². The lowest BCUT2D eigenvalue weighted by Crippen LogP contribution is -2.41. The first kappa shape index (κ1) is 48.9. The normalized spacial score (nSPS) is 17.5. The van der Waals surface area contributed by atoms with E-state index < -0.39 is 23.7 Å². The maximum absolute atomic E-state index is 12.6. The first-order valence-corrected chi connectivity index (χ1v) is 19.8. The van der Waals surface area contributed by atoms with Gasteiger partial charge < -0.3 is 43.1 Å². The monoisotopic (exact) mass is 821 g/mol. The summed E-state index contributed by atoms with van der Waals surface area (Å²) in [7, 11) is 0. The van der Waals surface area contributed by atoms with Crippen molar-refractivity contribution in [3.05, 3.63) is 31.4 Å². The molecule has 0 aliphatic carbocycles. The summed E-state index contributed by atoms with van der Waals surface area (Å²) < 4.78 is 29.3. The van der Waals surface area contributed by atoms with Crippen molar-refractivity contribution in [3.8, 4) is 0 Å². The van der Waals surface area contributed by atoms with Gasteiger partial charge in [0.15, 0.2) is 6.42 Å². The number of rotatable bonds is 19. The number of ether oxygens (including phenoxy) is 6. The predicted octanol–water partition coefficient (Wildman–Crippen LogP) is 3.57. The van der Waals surface area contributed by atoms with E-state index in [0.717, 1.165) is 38.8 Å². The summed E-state index contributed by atoms with van der Waals surface area (Å²) >= 11 is 0. The number of amides is 4. The molecule has 58 heavy (non-hydrogen) atoms. The average molecular weight is 822 g/mol. The average Bonchev–Trinajstić information content (AvgIpc) is 4.01. The molecule has 0 aromatic carbocycles. The van der Waals surface area contributed by atoms with Gasteiger partial charge in [0, 0.05) is 50.5 Å². The van der Waals surface area contributed by atoms with E-state index in [4.69, 9.17) is 23.7 Å². The first-order valence-electron chi connectivity index (χ1n) is 19.8. The molecule has 0 radical (unpaired) electrons. The SMILES string of the molecule is C=C(C)C(=O)OCCOC(=O)OCCN1CC[CH+]C1=O.C=CN1CCCC1=O.CCC(C)(CC(C)N1CCCC1=O)C(=O)OCCOC(=O)OCCN1CCCC1=O. The maximum Gasteiger partial charge on any atom is 0.508 e. The number of carbonyl (C=O) groups is 8. The second-order valence-corrected chi connectivity index (χ2v) is 14.3. The highest BCUT2D eigenvalue weighted by Gasteiger charge is 2.38. The van der Waals surface area contributed by atoms with Gasteiger partial charge in [-0.15, -0.1) is 0 Å². The van der Waals surface area contributed by atoms with E-state index >= 15 is 0 Å². The summed E-state index contributed by atoms with van der Waals surface area (Å²) in [4.78, 5) is 98.4. The molecule has 4 heterocycles. The number of esters is 2. The topological polar surface area (TPSA) is 205 Å². The van der Waals surface area contributed by atoms with Crippen molar-refractivity contribution in [1.82, 2.24) is 19.6 Å². The highest BCUT2D eigenvalue weighted by Crippen LogP contribution is 2.32. The first-order chi connectivity index (χ1) is 27.6. The zero-order chi connectivity index (χ0) is 43.1. The molecule has 0 spiro atoms. The van der Waals surface area contributed by atoms with E-state index in [0.29, 0.717) is 58.3 Å². The van der Waals surface area contributed by atoms with E-state index in [-0.39, 0.29) is 80.9 Å². The van der Waals surface area contributed by atoms with Crippen molar-refractivity contribution < 1.29 is 66.8 Å². The number of hydrogen-bond donors (Lipinski definition) is 0. The van der Waals surface area contributed by atoms with Crippen molar-refractivity contribution in [2.45, 2.75) is 91.5 Å². The number of hydrogen-bond acceptors (Lipinski definition) is 14. The van der Waals surface area contributed by atoms with Crippen LogP contribution in [0.1, 0.15) is 85.5 Å². The smallest absolute Gasteiger partial charge is 0.462 e. The van der Waals surface area contributed by atoms with Crippen molar-refractivity contribution in [2.75, 3.05) is 78.9 Å². The Morgan fingerprint density at radius 3 is 1.74 bits per heavy atom. The van der Waals surface area contributed by atoms with Crippen LogP contribution >= 0.6 is 0 Å². The van der Waals surface area contributed by atoms with Crippen LogP contribution in [0.4, 0.5) is 9.59 Å². The third-order valence-corrected chi connectivity index (χ3v) is 9.78. The molecule has 2 atom stereocenters. The summed E-state index contributed by atoms with van der Waals surface area (Å²) in [5, 5.41) is 0. The lowest BCUT2D eigenvalue weighted by atomic mass is 9.81. The molecule has 4 amide bonds. The zero-order valence-electron chi connectivity index (χ0n) is 34.5. The molecule has 324 valence electrons. The Kier molecular flexibility index (Phi) is 21.8. The lowest BCUT2D eigenvalue weighted by molar-refractivity contribution is -0.158. The van der Waals surface area contributed by atoms with E-state index in [1.54, 1.807) is 27.3 Å². The van der Waals surface area contributed by atoms with Crippen LogP contribution in [0.15, 0.2) is 24.9 Å². The molecular formula is C40H61N4O14+. The predicted molar refractivity (Wildman–Crippen MR) is 207 cm³/mol. The Bertz CT molecular complexity index is 1450. The van der Waals surface area contributed by atoms with Crippen molar-refractivity contribution >= 4 is 47.9 Å². The Morgan fingerprint density at radius 1 is 0.741 bits per heavy atom. The standard InChI is InChI=1S/C21H34N2O7.C13H18NO6.C6H9NO/c1-4-21(3,15-16(2)23-10-6-8-18(23)25)19(26)28-13-14-30-20(27)29-12-11-22-9-5-7-17(22)24;1-10(2)12(16)18-8-9-20-13(17)19-7-6-14-5-3-4-11(14)15;1-2-7-5-3-4-6(7)8/h16H,4-15H2,1-3H3;4H,1,3,5-9H2,2H3;2H,1,3-5H2/q;+1;. The van der Waals surface area contributed by atoms with Gasteiger partial charge in [-0.05, 0) is 59.1 Å². The molecule has 4 fully saturated rings. The fourth-order valence-electron chi connectivity index (χ4n) is 6.25. The lowest BCUT2D eigenvalue weighted by Gasteiger charge is -2.33. The van der Waals surface area contributed by atoms with Crippen molar-refractivity contribution in [2.24, 2.45) is 5.41 Å². The van der Waals surface area contributed by atoms with Crippen LogP contribution in [0.5, 0.6) is 0 Å². The highest BCUT2D eigenvalue weighted by molar-refractivity contribution is 5.87. The summed E-state index contributed by atoms with van der Waals surface area (Å²) in [6.07, 6.45) is 7.79.